The lowest BCUT2D eigenvalue weighted by atomic mass is 10.2. The first-order chi connectivity index (χ1) is 9.18. The number of nitrogens with one attached hydrogen (secondary N) is 2. The first-order valence-electron chi connectivity index (χ1n) is 5.45. The third-order valence-electron chi connectivity index (χ3n) is 2.31. The molecule has 96 valence electrons. The summed E-state index contributed by atoms with van der Waals surface area (Å²) in [5, 5.41) is 0. The molecule has 0 radical (unpaired) electrons. The van der Waals surface area contributed by atoms with Crippen LogP contribution in [-0.2, 0) is 0 Å². The van der Waals surface area contributed by atoms with Gasteiger partial charge in [-0.2, -0.15) is 0 Å². The Morgan fingerprint density at radius 3 is 2.32 bits per heavy atom. The summed E-state index contributed by atoms with van der Waals surface area (Å²) in [6.45, 7) is 0. The topological polar surface area (TPSA) is 71.1 Å². The highest BCUT2D eigenvalue weighted by molar-refractivity contribution is 9.10. The van der Waals surface area contributed by atoms with Crippen molar-refractivity contribution >= 4 is 27.7 Å². The normalized spacial score (nSPS) is 9.74. The number of hydrazine groups is 1. The van der Waals surface area contributed by atoms with Gasteiger partial charge in [0.15, 0.2) is 0 Å². The van der Waals surface area contributed by atoms with E-state index in [0.29, 0.717) is 10.0 Å². The van der Waals surface area contributed by atoms with Gasteiger partial charge >= 0.3 is 0 Å². The van der Waals surface area contributed by atoms with Crippen molar-refractivity contribution < 1.29 is 9.59 Å². The number of hydrogen-bond acceptors (Lipinski definition) is 3. The minimum atomic E-state index is -0.471. The van der Waals surface area contributed by atoms with Crippen LogP contribution in [0.1, 0.15) is 20.8 Å². The van der Waals surface area contributed by atoms with Crippen LogP contribution < -0.4 is 10.9 Å². The summed E-state index contributed by atoms with van der Waals surface area (Å²) >= 11 is 3.26. The Balaban J connectivity index is 1.98. The summed E-state index contributed by atoms with van der Waals surface area (Å²) < 4.78 is 0.652. The van der Waals surface area contributed by atoms with E-state index in [2.05, 4.69) is 31.8 Å². The molecule has 0 bridgehead atoms. The van der Waals surface area contributed by atoms with Crippen LogP contribution in [0.4, 0.5) is 0 Å². The fraction of sp³-hybridized carbons (Fsp3) is 0. The molecule has 2 N–H and O–H groups in total. The maximum Gasteiger partial charge on any atom is 0.288 e. The smallest absolute Gasteiger partial charge is 0.267 e. The van der Waals surface area contributed by atoms with Gasteiger partial charge in [-0.1, -0.05) is 18.2 Å². The lowest BCUT2D eigenvalue weighted by Crippen LogP contribution is -2.42. The number of rotatable bonds is 2. The molecule has 0 aliphatic rings. The average molecular weight is 320 g/mol. The molecule has 0 aliphatic carbocycles. The van der Waals surface area contributed by atoms with Gasteiger partial charge in [-0.25, -0.2) is 0 Å². The number of aromatic nitrogens is 1. The van der Waals surface area contributed by atoms with Crippen LogP contribution in [0, 0.1) is 0 Å². The van der Waals surface area contributed by atoms with E-state index in [0.717, 1.165) is 0 Å². The highest BCUT2D eigenvalue weighted by Crippen LogP contribution is 2.15. The van der Waals surface area contributed by atoms with Crippen LogP contribution in [0.5, 0.6) is 0 Å². The first-order valence-corrected chi connectivity index (χ1v) is 6.24. The SMILES string of the molecule is O=C(NNC(=O)c1ccccc1Br)c1ccccn1. The summed E-state index contributed by atoms with van der Waals surface area (Å²) in [6, 6.07) is 11.9. The largest absolute Gasteiger partial charge is 0.288 e. The molecule has 1 aromatic heterocycles. The molecule has 0 saturated heterocycles. The Kier molecular flexibility index (Phi) is 4.25. The predicted molar refractivity (Wildman–Crippen MR) is 73.3 cm³/mol. The minimum absolute atomic E-state index is 0.231. The van der Waals surface area contributed by atoms with Crippen LogP contribution in [0.3, 0.4) is 0 Å². The quantitative estimate of drug-likeness (QED) is 0.831. The highest BCUT2D eigenvalue weighted by atomic mass is 79.9. The van der Waals surface area contributed by atoms with E-state index in [1.54, 1.807) is 42.5 Å². The molecular formula is C13H10BrN3O2. The van der Waals surface area contributed by atoms with E-state index < -0.39 is 11.8 Å². The maximum absolute atomic E-state index is 11.8. The second kappa shape index (κ2) is 6.10. The van der Waals surface area contributed by atoms with Crippen molar-refractivity contribution in [1.29, 1.82) is 0 Å². The molecular weight excluding hydrogens is 310 g/mol. The molecule has 5 nitrogen and oxygen atoms in total. The van der Waals surface area contributed by atoms with Crippen LogP contribution in [0.15, 0.2) is 53.1 Å². The van der Waals surface area contributed by atoms with Gasteiger partial charge in [0.2, 0.25) is 0 Å². The zero-order valence-electron chi connectivity index (χ0n) is 9.76. The molecule has 0 unspecified atom stereocenters. The van der Waals surface area contributed by atoms with Crippen LogP contribution in [0.2, 0.25) is 0 Å². The monoisotopic (exact) mass is 319 g/mol. The molecule has 2 amide bonds. The van der Waals surface area contributed by atoms with Crippen molar-refractivity contribution in [3.8, 4) is 0 Å². The van der Waals surface area contributed by atoms with Gasteiger partial charge in [-0.05, 0) is 40.2 Å². The Morgan fingerprint density at radius 2 is 1.63 bits per heavy atom. The molecule has 6 heteroatoms. The number of pyridine rings is 1. The van der Waals surface area contributed by atoms with E-state index in [-0.39, 0.29) is 5.69 Å². The van der Waals surface area contributed by atoms with Crippen LogP contribution in [-0.4, -0.2) is 16.8 Å². The summed E-state index contributed by atoms with van der Waals surface area (Å²) in [7, 11) is 0. The van der Waals surface area contributed by atoms with Crippen LogP contribution in [0.25, 0.3) is 0 Å². The molecule has 1 heterocycles. The number of hydrogen-bond donors (Lipinski definition) is 2. The predicted octanol–water partition coefficient (Wildman–Crippen LogP) is 1.92. The van der Waals surface area contributed by atoms with E-state index in [1.165, 1.54) is 6.20 Å². The Bertz CT molecular complexity index is 602. The summed E-state index contributed by atoms with van der Waals surface area (Å²) in [4.78, 5) is 27.4. The van der Waals surface area contributed by atoms with Gasteiger partial charge in [0.1, 0.15) is 5.69 Å². The number of carbonyl (C=O) groups is 2. The molecule has 0 fully saturated rings. The van der Waals surface area contributed by atoms with Gasteiger partial charge in [-0.3, -0.25) is 25.4 Å². The number of carbonyl (C=O) groups excluding carboxylic acids is 2. The van der Waals surface area contributed by atoms with Crippen LogP contribution >= 0.6 is 15.9 Å². The molecule has 2 rings (SSSR count). The zero-order valence-corrected chi connectivity index (χ0v) is 11.3. The molecule has 0 spiro atoms. The Hall–Kier alpha value is -2.21. The van der Waals surface area contributed by atoms with E-state index in [9.17, 15) is 9.59 Å². The summed E-state index contributed by atoms with van der Waals surface area (Å²) in [6.07, 6.45) is 1.50. The Labute approximate surface area is 118 Å². The minimum Gasteiger partial charge on any atom is -0.267 e. The molecule has 0 aliphatic heterocycles. The lowest BCUT2D eigenvalue weighted by molar-refractivity contribution is 0.0843. The van der Waals surface area contributed by atoms with Crippen molar-refractivity contribution in [2.45, 2.75) is 0 Å². The van der Waals surface area contributed by atoms with Crippen molar-refractivity contribution in [3.63, 3.8) is 0 Å². The fourth-order valence-electron chi connectivity index (χ4n) is 1.39. The molecule has 2 aromatic rings. The maximum atomic E-state index is 11.8. The van der Waals surface area contributed by atoms with Crippen molar-refractivity contribution in [1.82, 2.24) is 15.8 Å². The molecule has 1 aromatic carbocycles. The number of nitrogens with zero attached hydrogens (tertiary/aromatic N) is 1. The summed E-state index contributed by atoms with van der Waals surface area (Å²) in [5.41, 5.74) is 5.30. The van der Waals surface area contributed by atoms with E-state index in [4.69, 9.17) is 0 Å². The second-order valence-electron chi connectivity index (χ2n) is 3.60. The third-order valence-corrected chi connectivity index (χ3v) is 3.00. The second-order valence-corrected chi connectivity index (χ2v) is 4.46. The molecule has 0 atom stereocenters. The molecule has 0 saturated carbocycles. The van der Waals surface area contributed by atoms with E-state index >= 15 is 0 Å². The van der Waals surface area contributed by atoms with Gasteiger partial charge < -0.3 is 0 Å². The van der Waals surface area contributed by atoms with Crippen molar-refractivity contribution in [3.05, 3.63) is 64.4 Å². The number of halogens is 1. The van der Waals surface area contributed by atoms with Gasteiger partial charge in [0, 0.05) is 10.7 Å². The number of amides is 2. The van der Waals surface area contributed by atoms with E-state index in [1.807, 2.05) is 0 Å². The van der Waals surface area contributed by atoms with Gasteiger partial charge in [0.05, 0.1) is 5.56 Å². The van der Waals surface area contributed by atoms with Crippen molar-refractivity contribution in [2.24, 2.45) is 0 Å². The van der Waals surface area contributed by atoms with Gasteiger partial charge in [0.25, 0.3) is 11.8 Å². The highest BCUT2D eigenvalue weighted by Gasteiger charge is 2.11. The Morgan fingerprint density at radius 1 is 0.947 bits per heavy atom. The lowest BCUT2D eigenvalue weighted by Gasteiger charge is -2.07. The first kappa shape index (κ1) is 13.2. The standard InChI is InChI=1S/C13H10BrN3O2/c14-10-6-2-1-5-9(10)12(18)16-17-13(19)11-7-3-4-8-15-11/h1-8H,(H,16,18)(H,17,19). The van der Waals surface area contributed by atoms with Crippen molar-refractivity contribution in [2.75, 3.05) is 0 Å². The summed E-state index contributed by atoms with van der Waals surface area (Å²) in [5.74, 6) is -0.877. The third kappa shape index (κ3) is 3.38. The van der Waals surface area contributed by atoms with Gasteiger partial charge in [-0.15, -0.1) is 0 Å². The zero-order chi connectivity index (χ0) is 13.7. The average Bonchev–Trinajstić information content (AvgIpc) is 2.46. The number of benzene rings is 1. The fourth-order valence-corrected chi connectivity index (χ4v) is 1.85. The molecule has 19 heavy (non-hydrogen) atoms.